The Hall–Kier alpha value is -2.90. The molecule has 2 fully saturated rings. The Kier molecular flexibility index (Phi) is 6.67. The van der Waals surface area contributed by atoms with Gasteiger partial charge < -0.3 is 15.4 Å². The lowest BCUT2D eigenvalue weighted by Crippen LogP contribution is -2.54. The predicted molar refractivity (Wildman–Crippen MR) is 114 cm³/mol. The highest BCUT2D eigenvalue weighted by atomic mass is 16.5. The lowest BCUT2D eigenvalue weighted by molar-refractivity contribution is -0.151. The minimum Gasteiger partial charge on any atom is -0.454 e. The molecule has 1 spiro atoms. The van der Waals surface area contributed by atoms with Gasteiger partial charge >= 0.3 is 12.0 Å². The Morgan fingerprint density at radius 2 is 2.00 bits per heavy atom. The average molecular weight is 430 g/mol. The summed E-state index contributed by atoms with van der Waals surface area (Å²) in [5.74, 6) is -1.61. The number of hydrogen-bond donors (Lipinski definition) is 2. The van der Waals surface area contributed by atoms with Crippen LogP contribution in [0.15, 0.2) is 18.2 Å². The van der Waals surface area contributed by atoms with Gasteiger partial charge in [0.15, 0.2) is 6.61 Å². The van der Waals surface area contributed by atoms with Crippen LogP contribution in [-0.4, -0.2) is 47.4 Å². The number of aryl methyl sites for hydroxylation is 2. The highest BCUT2D eigenvalue weighted by Gasteiger charge is 2.55. The molecule has 2 N–H and O–H groups in total. The zero-order chi connectivity index (χ0) is 22.8. The van der Waals surface area contributed by atoms with Crippen molar-refractivity contribution in [3.8, 4) is 0 Å². The summed E-state index contributed by atoms with van der Waals surface area (Å²) in [5.41, 5.74) is 2.33. The number of carbonyl (C=O) groups is 4. The lowest BCUT2D eigenvalue weighted by atomic mass is 9.73. The zero-order valence-electron chi connectivity index (χ0n) is 18.6. The summed E-state index contributed by atoms with van der Waals surface area (Å²) >= 11 is 0. The van der Waals surface area contributed by atoms with Gasteiger partial charge in [-0.05, 0) is 56.2 Å². The summed E-state index contributed by atoms with van der Waals surface area (Å²) < 4.78 is 5.02. The second-order valence-corrected chi connectivity index (χ2v) is 8.73. The van der Waals surface area contributed by atoms with E-state index in [0.717, 1.165) is 35.3 Å². The number of esters is 1. The minimum absolute atomic E-state index is 0.0106. The molecule has 0 radical (unpaired) electrons. The van der Waals surface area contributed by atoms with Crippen molar-refractivity contribution < 1.29 is 23.9 Å². The van der Waals surface area contributed by atoms with Gasteiger partial charge in [-0.25, -0.2) is 4.79 Å². The highest BCUT2D eigenvalue weighted by molar-refractivity contribution is 6.09. The van der Waals surface area contributed by atoms with Crippen LogP contribution in [0.4, 0.5) is 4.79 Å². The number of ether oxygens (including phenoxy) is 1. The van der Waals surface area contributed by atoms with Crippen molar-refractivity contribution in [2.75, 3.05) is 13.2 Å². The van der Waals surface area contributed by atoms with E-state index in [4.69, 9.17) is 4.74 Å². The Morgan fingerprint density at radius 3 is 2.68 bits per heavy atom. The van der Waals surface area contributed by atoms with Gasteiger partial charge in [-0.1, -0.05) is 38.0 Å². The number of urea groups is 1. The van der Waals surface area contributed by atoms with Gasteiger partial charge in [0.2, 0.25) is 0 Å². The largest absolute Gasteiger partial charge is 0.454 e. The van der Waals surface area contributed by atoms with E-state index in [1.807, 2.05) is 45.9 Å². The molecule has 2 aliphatic rings. The van der Waals surface area contributed by atoms with E-state index in [2.05, 4.69) is 10.6 Å². The zero-order valence-corrected chi connectivity index (χ0v) is 18.6. The summed E-state index contributed by atoms with van der Waals surface area (Å²) in [6, 6.07) is 5.11. The van der Waals surface area contributed by atoms with Crippen molar-refractivity contribution in [2.24, 2.45) is 5.92 Å². The normalized spacial score (nSPS) is 24.1. The molecule has 0 aromatic heterocycles. The molecule has 8 heteroatoms. The van der Waals surface area contributed by atoms with Gasteiger partial charge in [0, 0.05) is 0 Å². The fourth-order valence-corrected chi connectivity index (χ4v) is 4.36. The number of hydrogen-bond acceptors (Lipinski definition) is 5. The second-order valence-electron chi connectivity index (χ2n) is 8.73. The van der Waals surface area contributed by atoms with Crippen molar-refractivity contribution in [3.63, 3.8) is 0 Å². The van der Waals surface area contributed by atoms with Gasteiger partial charge in [-0.2, -0.15) is 0 Å². The molecule has 1 aliphatic carbocycles. The maximum atomic E-state index is 12.9. The smallest absolute Gasteiger partial charge is 0.326 e. The van der Waals surface area contributed by atoms with E-state index in [1.54, 1.807) is 0 Å². The molecule has 4 amide bonds. The second kappa shape index (κ2) is 9.08. The average Bonchev–Trinajstić information content (AvgIpc) is 2.95. The molecule has 1 saturated carbocycles. The van der Waals surface area contributed by atoms with Crippen LogP contribution < -0.4 is 10.6 Å². The number of amides is 4. The first-order chi connectivity index (χ1) is 14.6. The number of benzene rings is 1. The van der Waals surface area contributed by atoms with E-state index >= 15 is 0 Å². The topological polar surface area (TPSA) is 105 Å². The molecular weight excluding hydrogens is 398 g/mol. The van der Waals surface area contributed by atoms with Crippen LogP contribution in [0.2, 0.25) is 0 Å². The SMILES string of the molecule is Cc1ccc([C@@H](C)NC(=O)COC(=O)CN2C(=O)N[C@@]3(CCCC[C@@H]3C)C2=O)cc1C. The highest BCUT2D eigenvalue weighted by Crippen LogP contribution is 2.38. The number of nitrogens with zero attached hydrogens (tertiary/aromatic N) is 1. The first kappa shape index (κ1) is 22.8. The molecule has 3 rings (SSSR count). The summed E-state index contributed by atoms with van der Waals surface area (Å²) in [5, 5.41) is 5.58. The number of rotatable bonds is 6. The quantitative estimate of drug-likeness (QED) is 0.534. The molecule has 1 saturated heterocycles. The molecule has 3 atom stereocenters. The van der Waals surface area contributed by atoms with Crippen molar-refractivity contribution in [2.45, 2.75) is 65.0 Å². The van der Waals surface area contributed by atoms with Crippen LogP contribution in [0, 0.1) is 19.8 Å². The van der Waals surface area contributed by atoms with Gasteiger partial charge in [0.05, 0.1) is 6.04 Å². The van der Waals surface area contributed by atoms with E-state index in [9.17, 15) is 19.2 Å². The molecule has 0 unspecified atom stereocenters. The van der Waals surface area contributed by atoms with Crippen LogP contribution in [0.3, 0.4) is 0 Å². The molecule has 31 heavy (non-hydrogen) atoms. The lowest BCUT2D eigenvalue weighted by Gasteiger charge is -2.36. The van der Waals surface area contributed by atoms with E-state index in [0.29, 0.717) is 6.42 Å². The van der Waals surface area contributed by atoms with Crippen LogP contribution in [0.5, 0.6) is 0 Å². The molecule has 1 aromatic carbocycles. The predicted octanol–water partition coefficient (Wildman–Crippen LogP) is 2.52. The molecule has 1 aromatic rings. The maximum absolute atomic E-state index is 12.9. The van der Waals surface area contributed by atoms with Crippen molar-refractivity contribution in [1.82, 2.24) is 15.5 Å². The van der Waals surface area contributed by atoms with Gasteiger partial charge in [0.25, 0.3) is 11.8 Å². The molecule has 1 heterocycles. The Morgan fingerprint density at radius 1 is 1.26 bits per heavy atom. The van der Waals surface area contributed by atoms with E-state index in [-0.39, 0.29) is 17.9 Å². The summed E-state index contributed by atoms with van der Waals surface area (Å²) in [4.78, 5) is 50.5. The third-order valence-electron chi connectivity index (χ3n) is 6.56. The van der Waals surface area contributed by atoms with Gasteiger partial charge in [0.1, 0.15) is 12.1 Å². The fourth-order valence-electron chi connectivity index (χ4n) is 4.36. The third kappa shape index (κ3) is 4.73. The summed E-state index contributed by atoms with van der Waals surface area (Å²) in [6.45, 7) is 6.84. The standard InChI is InChI=1S/C23H31N3O5/c1-14-8-9-18(11-15(14)2)17(4)24-19(27)13-31-20(28)12-26-21(29)23(25-22(26)30)10-6-5-7-16(23)3/h8-9,11,16-17H,5-7,10,12-13H2,1-4H3,(H,24,27)(H,25,30)/t16-,17+,23+/m0/s1. The monoisotopic (exact) mass is 429 g/mol. The molecule has 1 aliphatic heterocycles. The fraction of sp³-hybridized carbons (Fsp3) is 0.565. The number of imide groups is 1. The van der Waals surface area contributed by atoms with Crippen molar-refractivity contribution in [1.29, 1.82) is 0 Å². The van der Waals surface area contributed by atoms with Crippen LogP contribution in [0.25, 0.3) is 0 Å². The number of nitrogens with one attached hydrogen (secondary N) is 2. The van der Waals surface area contributed by atoms with Crippen LogP contribution in [-0.2, 0) is 19.1 Å². The maximum Gasteiger partial charge on any atom is 0.326 e. The molecule has 168 valence electrons. The van der Waals surface area contributed by atoms with Crippen LogP contribution in [0.1, 0.15) is 62.3 Å². The van der Waals surface area contributed by atoms with Gasteiger partial charge in [-0.15, -0.1) is 0 Å². The molecule has 0 bridgehead atoms. The van der Waals surface area contributed by atoms with Gasteiger partial charge in [-0.3, -0.25) is 19.3 Å². The first-order valence-electron chi connectivity index (χ1n) is 10.8. The first-order valence-corrected chi connectivity index (χ1v) is 10.8. The van der Waals surface area contributed by atoms with E-state index < -0.39 is 36.6 Å². The van der Waals surface area contributed by atoms with Crippen molar-refractivity contribution in [3.05, 3.63) is 34.9 Å². The minimum atomic E-state index is -0.922. The Balaban J connectivity index is 1.50. The summed E-state index contributed by atoms with van der Waals surface area (Å²) in [6.07, 6.45) is 3.30. The molecule has 8 nitrogen and oxygen atoms in total. The third-order valence-corrected chi connectivity index (χ3v) is 6.56. The Labute approximate surface area is 182 Å². The number of carbonyl (C=O) groups excluding carboxylic acids is 4. The van der Waals surface area contributed by atoms with Crippen molar-refractivity contribution >= 4 is 23.8 Å². The summed E-state index contributed by atoms with van der Waals surface area (Å²) in [7, 11) is 0. The Bertz CT molecular complexity index is 899. The van der Waals surface area contributed by atoms with Crippen LogP contribution >= 0.6 is 0 Å². The van der Waals surface area contributed by atoms with E-state index in [1.165, 1.54) is 5.56 Å². The molecular formula is C23H31N3O5.